The Morgan fingerprint density at radius 1 is 1.25 bits per heavy atom. The minimum Gasteiger partial charge on any atom is -0.445 e. The number of nitrogens with zero attached hydrogens (tertiary/aromatic N) is 1. The highest BCUT2D eigenvalue weighted by atomic mass is 16.3. The standard InChI is InChI=1S/C18H23NO/c1-11(2)7-13-14-8-12(3)9-15(18(4,5)6)17(14)20-16(13)10-19/h8-9,11H,7H2,1-6H3. The lowest BCUT2D eigenvalue weighted by atomic mass is 9.84. The summed E-state index contributed by atoms with van der Waals surface area (Å²) in [7, 11) is 0. The molecule has 0 atom stereocenters. The van der Waals surface area contributed by atoms with E-state index in [4.69, 9.17) is 4.42 Å². The van der Waals surface area contributed by atoms with Crippen molar-refractivity contribution in [2.45, 2.75) is 53.4 Å². The third kappa shape index (κ3) is 2.58. The molecule has 0 saturated heterocycles. The molecule has 0 aliphatic heterocycles. The third-order valence-electron chi connectivity index (χ3n) is 3.56. The van der Waals surface area contributed by atoms with Gasteiger partial charge in [-0.05, 0) is 36.3 Å². The van der Waals surface area contributed by atoms with Gasteiger partial charge in [0, 0.05) is 16.5 Å². The van der Waals surface area contributed by atoms with Crippen LogP contribution in [0.1, 0.15) is 57.1 Å². The molecule has 0 N–H and O–H groups in total. The second kappa shape index (κ2) is 4.98. The molecule has 0 aliphatic rings. The predicted octanol–water partition coefficient (Wildman–Crippen LogP) is 5.11. The Labute approximate surface area is 121 Å². The first kappa shape index (κ1) is 14.7. The van der Waals surface area contributed by atoms with Crippen LogP contribution in [-0.2, 0) is 11.8 Å². The van der Waals surface area contributed by atoms with E-state index in [0.29, 0.717) is 11.7 Å². The highest BCUT2D eigenvalue weighted by Crippen LogP contribution is 2.36. The second-order valence-electron chi connectivity index (χ2n) is 7.06. The molecular weight excluding hydrogens is 246 g/mol. The zero-order valence-electron chi connectivity index (χ0n) is 13.3. The minimum absolute atomic E-state index is 0.00392. The van der Waals surface area contributed by atoms with E-state index in [1.165, 1.54) is 11.1 Å². The first-order chi connectivity index (χ1) is 9.24. The number of hydrogen-bond acceptors (Lipinski definition) is 2. The summed E-state index contributed by atoms with van der Waals surface area (Å²) in [6, 6.07) is 6.54. The van der Waals surface area contributed by atoms with Crippen LogP contribution in [0.3, 0.4) is 0 Å². The lowest BCUT2D eigenvalue weighted by molar-refractivity contribution is 0.546. The SMILES string of the molecule is Cc1cc(C(C)(C)C)c2oc(C#N)c(CC(C)C)c2c1. The van der Waals surface area contributed by atoms with Crippen LogP contribution in [0.15, 0.2) is 16.5 Å². The van der Waals surface area contributed by atoms with Crippen LogP contribution in [0.4, 0.5) is 0 Å². The van der Waals surface area contributed by atoms with Crippen LogP contribution in [0.2, 0.25) is 0 Å². The Morgan fingerprint density at radius 2 is 1.90 bits per heavy atom. The Hall–Kier alpha value is -1.75. The highest BCUT2D eigenvalue weighted by molar-refractivity contribution is 5.87. The Bertz CT molecular complexity index is 678. The largest absolute Gasteiger partial charge is 0.445 e. The number of fused-ring (bicyclic) bond motifs is 1. The summed E-state index contributed by atoms with van der Waals surface area (Å²) < 4.78 is 5.90. The second-order valence-corrected chi connectivity index (χ2v) is 7.06. The van der Waals surface area contributed by atoms with Gasteiger partial charge in [-0.3, -0.25) is 0 Å². The van der Waals surface area contributed by atoms with Gasteiger partial charge in [-0.25, -0.2) is 0 Å². The fourth-order valence-electron chi connectivity index (χ4n) is 2.65. The molecule has 2 rings (SSSR count). The lowest BCUT2D eigenvalue weighted by Crippen LogP contribution is -2.11. The Kier molecular flexibility index (Phi) is 3.65. The number of nitriles is 1. The van der Waals surface area contributed by atoms with Crippen molar-refractivity contribution in [3.8, 4) is 6.07 Å². The highest BCUT2D eigenvalue weighted by Gasteiger charge is 2.23. The van der Waals surface area contributed by atoms with E-state index in [1.807, 2.05) is 0 Å². The number of rotatable bonds is 2. The predicted molar refractivity (Wildman–Crippen MR) is 82.9 cm³/mol. The zero-order chi connectivity index (χ0) is 15.1. The normalized spacial score (nSPS) is 12.1. The number of furan rings is 1. The van der Waals surface area contributed by atoms with Gasteiger partial charge in [0.15, 0.2) is 0 Å². The van der Waals surface area contributed by atoms with Gasteiger partial charge in [0.1, 0.15) is 11.7 Å². The van der Waals surface area contributed by atoms with E-state index in [9.17, 15) is 5.26 Å². The maximum atomic E-state index is 9.35. The maximum absolute atomic E-state index is 9.35. The van der Waals surface area contributed by atoms with Crippen LogP contribution < -0.4 is 0 Å². The molecular formula is C18H23NO. The van der Waals surface area contributed by atoms with E-state index >= 15 is 0 Å². The molecule has 1 aromatic carbocycles. The molecule has 0 bridgehead atoms. The van der Waals surface area contributed by atoms with Gasteiger partial charge in [0.2, 0.25) is 5.76 Å². The summed E-state index contributed by atoms with van der Waals surface area (Å²) in [6.07, 6.45) is 0.878. The Morgan fingerprint density at radius 3 is 2.40 bits per heavy atom. The van der Waals surface area contributed by atoms with Crippen LogP contribution in [0.5, 0.6) is 0 Å². The summed E-state index contributed by atoms with van der Waals surface area (Å²) in [5.41, 5.74) is 4.35. The molecule has 20 heavy (non-hydrogen) atoms. The van der Waals surface area contributed by atoms with Crippen molar-refractivity contribution in [2.75, 3.05) is 0 Å². The summed E-state index contributed by atoms with van der Waals surface area (Å²) in [4.78, 5) is 0. The van der Waals surface area contributed by atoms with Gasteiger partial charge in [0.05, 0.1) is 0 Å². The van der Waals surface area contributed by atoms with E-state index in [-0.39, 0.29) is 5.41 Å². The third-order valence-corrected chi connectivity index (χ3v) is 3.56. The molecule has 0 amide bonds. The van der Waals surface area contributed by atoms with Crippen molar-refractivity contribution >= 4 is 11.0 Å². The van der Waals surface area contributed by atoms with Crippen LogP contribution >= 0.6 is 0 Å². The average molecular weight is 269 g/mol. The molecule has 2 nitrogen and oxygen atoms in total. The first-order valence-corrected chi connectivity index (χ1v) is 7.20. The molecule has 1 heterocycles. The van der Waals surface area contributed by atoms with Crippen LogP contribution in [0, 0.1) is 24.2 Å². The fourth-order valence-corrected chi connectivity index (χ4v) is 2.65. The molecule has 2 aromatic rings. The molecule has 2 heteroatoms. The van der Waals surface area contributed by atoms with Crippen molar-refractivity contribution in [3.05, 3.63) is 34.6 Å². The van der Waals surface area contributed by atoms with Crippen molar-refractivity contribution in [3.63, 3.8) is 0 Å². The van der Waals surface area contributed by atoms with Crippen LogP contribution in [0.25, 0.3) is 11.0 Å². The lowest BCUT2D eigenvalue weighted by Gasteiger charge is -2.20. The monoisotopic (exact) mass is 269 g/mol. The molecule has 0 unspecified atom stereocenters. The first-order valence-electron chi connectivity index (χ1n) is 7.20. The number of hydrogen-bond donors (Lipinski definition) is 0. The van der Waals surface area contributed by atoms with Crippen molar-refractivity contribution in [1.82, 2.24) is 0 Å². The van der Waals surface area contributed by atoms with Gasteiger partial charge >= 0.3 is 0 Å². The van der Waals surface area contributed by atoms with Gasteiger partial charge in [-0.1, -0.05) is 40.7 Å². The maximum Gasteiger partial charge on any atom is 0.207 e. The van der Waals surface area contributed by atoms with E-state index in [1.54, 1.807) is 0 Å². The van der Waals surface area contributed by atoms with Gasteiger partial charge in [0.25, 0.3) is 0 Å². The molecule has 106 valence electrons. The molecule has 0 saturated carbocycles. The number of aryl methyl sites for hydroxylation is 1. The Balaban J connectivity index is 2.82. The molecule has 0 spiro atoms. The summed E-state index contributed by atoms with van der Waals surface area (Å²) >= 11 is 0. The van der Waals surface area contributed by atoms with Gasteiger partial charge in [-0.15, -0.1) is 0 Å². The van der Waals surface area contributed by atoms with E-state index in [0.717, 1.165) is 23.0 Å². The summed E-state index contributed by atoms with van der Waals surface area (Å²) in [5, 5.41) is 10.5. The minimum atomic E-state index is 0.00392. The topological polar surface area (TPSA) is 36.9 Å². The average Bonchev–Trinajstić information content (AvgIpc) is 2.64. The number of benzene rings is 1. The molecule has 0 radical (unpaired) electrons. The molecule has 0 aliphatic carbocycles. The van der Waals surface area contributed by atoms with Crippen molar-refractivity contribution in [1.29, 1.82) is 5.26 Å². The summed E-state index contributed by atoms with van der Waals surface area (Å²) in [6.45, 7) is 13.0. The smallest absolute Gasteiger partial charge is 0.207 e. The fraction of sp³-hybridized carbons (Fsp3) is 0.500. The van der Waals surface area contributed by atoms with Gasteiger partial charge < -0.3 is 4.42 Å². The van der Waals surface area contributed by atoms with E-state index < -0.39 is 0 Å². The zero-order valence-corrected chi connectivity index (χ0v) is 13.3. The molecule has 1 aromatic heterocycles. The van der Waals surface area contributed by atoms with Crippen molar-refractivity contribution < 1.29 is 4.42 Å². The van der Waals surface area contributed by atoms with Crippen LogP contribution in [-0.4, -0.2) is 0 Å². The molecule has 0 fully saturated rings. The quantitative estimate of drug-likeness (QED) is 0.759. The summed E-state index contributed by atoms with van der Waals surface area (Å²) in [5.74, 6) is 0.978. The van der Waals surface area contributed by atoms with E-state index in [2.05, 4.69) is 59.7 Å². The van der Waals surface area contributed by atoms with Crippen molar-refractivity contribution in [2.24, 2.45) is 5.92 Å². The van der Waals surface area contributed by atoms with Gasteiger partial charge in [-0.2, -0.15) is 5.26 Å².